The van der Waals surface area contributed by atoms with Crippen molar-refractivity contribution in [2.75, 3.05) is 20.1 Å². The van der Waals surface area contributed by atoms with Crippen LogP contribution < -0.4 is 5.32 Å². The zero-order valence-electron chi connectivity index (χ0n) is 11.5. The molecule has 0 spiro atoms. The summed E-state index contributed by atoms with van der Waals surface area (Å²) >= 11 is 5.88. The first-order valence-corrected chi connectivity index (χ1v) is 7.16. The summed E-state index contributed by atoms with van der Waals surface area (Å²) in [7, 11) is 1.97. The van der Waals surface area contributed by atoms with E-state index in [4.69, 9.17) is 11.6 Å². The van der Waals surface area contributed by atoms with E-state index in [1.807, 2.05) is 36.2 Å². The summed E-state index contributed by atoms with van der Waals surface area (Å²) in [5, 5.41) is 3.73. The van der Waals surface area contributed by atoms with E-state index in [9.17, 15) is 4.79 Å². The number of hydrogen-bond donors (Lipinski definition) is 1. The van der Waals surface area contributed by atoms with Crippen LogP contribution >= 0.6 is 11.6 Å². The van der Waals surface area contributed by atoms with E-state index >= 15 is 0 Å². The van der Waals surface area contributed by atoms with Gasteiger partial charge in [-0.2, -0.15) is 0 Å². The number of hydrogen-bond acceptors (Lipinski definition) is 2. The fourth-order valence-corrected chi connectivity index (χ4v) is 2.12. The molecule has 0 bridgehead atoms. The van der Waals surface area contributed by atoms with E-state index in [1.165, 1.54) is 18.4 Å². The molecular weight excluding hydrogens is 260 g/mol. The summed E-state index contributed by atoms with van der Waals surface area (Å²) in [4.78, 5) is 13.8. The van der Waals surface area contributed by atoms with Crippen LogP contribution in [0.15, 0.2) is 24.3 Å². The number of benzene rings is 1. The van der Waals surface area contributed by atoms with Crippen LogP contribution in [0.5, 0.6) is 0 Å². The van der Waals surface area contributed by atoms with Crippen molar-refractivity contribution in [3.63, 3.8) is 0 Å². The van der Waals surface area contributed by atoms with Gasteiger partial charge in [-0.25, -0.2) is 0 Å². The Morgan fingerprint density at radius 3 is 2.63 bits per heavy atom. The van der Waals surface area contributed by atoms with Crippen molar-refractivity contribution >= 4 is 17.5 Å². The van der Waals surface area contributed by atoms with Crippen LogP contribution in [0.2, 0.25) is 5.02 Å². The smallest absolute Gasteiger partial charge is 0.234 e. The van der Waals surface area contributed by atoms with Crippen molar-refractivity contribution in [2.24, 2.45) is 5.92 Å². The van der Waals surface area contributed by atoms with Gasteiger partial charge in [-0.05, 0) is 50.4 Å². The van der Waals surface area contributed by atoms with Gasteiger partial charge in [0.1, 0.15) is 0 Å². The van der Waals surface area contributed by atoms with Crippen LogP contribution in [-0.4, -0.2) is 30.9 Å². The normalized spacial score (nSPS) is 16.4. The maximum Gasteiger partial charge on any atom is 0.234 e. The first-order valence-electron chi connectivity index (χ1n) is 6.78. The largest absolute Gasteiger partial charge is 0.355 e. The third-order valence-electron chi connectivity index (χ3n) is 3.69. The molecule has 1 saturated carbocycles. The fourth-order valence-electron chi connectivity index (χ4n) is 2.00. The standard InChI is InChI=1S/C15H21ClN2O/c1-11(13-5-7-14(16)8-6-13)18(2)10-15(19)17-9-12-3-4-12/h5-8,11-12H,3-4,9-10H2,1-2H3,(H,17,19). The molecule has 1 N–H and O–H groups in total. The highest BCUT2D eigenvalue weighted by Gasteiger charge is 2.22. The third-order valence-corrected chi connectivity index (χ3v) is 3.94. The van der Waals surface area contributed by atoms with Gasteiger partial charge in [0, 0.05) is 17.6 Å². The highest BCUT2D eigenvalue weighted by molar-refractivity contribution is 6.30. The van der Waals surface area contributed by atoms with Gasteiger partial charge >= 0.3 is 0 Å². The minimum Gasteiger partial charge on any atom is -0.355 e. The zero-order valence-corrected chi connectivity index (χ0v) is 12.3. The maximum absolute atomic E-state index is 11.8. The Hall–Kier alpha value is -1.06. The minimum atomic E-state index is 0.107. The molecule has 3 nitrogen and oxygen atoms in total. The van der Waals surface area contributed by atoms with E-state index in [0.717, 1.165) is 17.5 Å². The monoisotopic (exact) mass is 280 g/mol. The van der Waals surface area contributed by atoms with Gasteiger partial charge in [0.05, 0.1) is 6.54 Å². The Labute approximate surface area is 119 Å². The molecule has 1 amide bonds. The molecule has 0 aromatic heterocycles. The summed E-state index contributed by atoms with van der Waals surface area (Å²) in [5.41, 5.74) is 1.17. The molecule has 19 heavy (non-hydrogen) atoms. The van der Waals surface area contributed by atoms with Crippen LogP contribution in [0.1, 0.15) is 31.4 Å². The second kappa shape index (κ2) is 6.40. The first-order chi connectivity index (χ1) is 9.06. The van der Waals surface area contributed by atoms with Gasteiger partial charge < -0.3 is 5.32 Å². The average molecular weight is 281 g/mol. The quantitative estimate of drug-likeness (QED) is 0.869. The molecule has 104 valence electrons. The summed E-state index contributed by atoms with van der Waals surface area (Å²) in [6.07, 6.45) is 2.52. The molecule has 0 radical (unpaired) electrons. The van der Waals surface area contributed by atoms with E-state index in [0.29, 0.717) is 6.54 Å². The lowest BCUT2D eigenvalue weighted by molar-refractivity contribution is -0.122. The predicted octanol–water partition coefficient (Wildman–Crippen LogP) is 2.86. The van der Waals surface area contributed by atoms with Crippen LogP contribution in [0.4, 0.5) is 0 Å². The molecule has 0 aliphatic heterocycles. The maximum atomic E-state index is 11.8. The second-order valence-corrected chi connectivity index (χ2v) is 5.83. The molecule has 1 aromatic carbocycles. The van der Waals surface area contributed by atoms with Crippen molar-refractivity contribution in [1.29, 1.82) is 0 Å². The lowest BCUT2D eigenvalue weighted by atomic mass is 10.1. The lowest BCUT2D eigenvalue weighted by Crippen LogP contribution is -2.37. The number of nitrogens with zero attached hydrogens (tertiary/aromatic N) is 1. The molecule has 1 aliphatic rings. The van der Waals surface area contributed by atoms with Crippen molar-refractivity contribution in [3.8, 4) is 0 Å². The van der Waals surface area contributed by atoms with Crippen molar-refractivity contribution < 1.29 is 4.79 Å². The van der Waals surface area contributed by atoms with Gasteiger partial charge in [-0.1, -0.05) is 23.7 Å². The van der Waals surface area contributed by atoms with Gasteiger partial charge in [-0.15, -0.1) is 0 Å². The third kappa shape index (κ3) is 4.51. The summed E-state index contributed by atoms with van der Waals surface area (Å²) < 4.78 is 0. The van der Waals surface area contributed by atoms with E-state index in [1.54, 1.807) is 0 Å². The number of halogens is 1. The average Bonchev–Trinajstić information content (AvgIpc) is 3.20. The molecule has 0 heterocycles. The number of rotatable bonds is 6. The van der Waals surface area contributed by atoms with Crippen molar-refractivity contribution in [3.05, 3.63) is 34.9 Å². The fraction of sp³-hybridized carbons (Fsp3) is 0.533. The Kier molecular flexibility index (Phi) is 4.83. The predicted molar refractivity (Wildman–Crippen MR) is 78.2 cm³/mol. The van der Waals surface area contributed by atoms with Gasteiger partial charge in [0.25, 0.3) is 0 Å². The molecule has 2 rings (SSSR count). The van der Waals surface area contributed by atoms with Crippen molar-refractivity contribution in [1.82, 2.24) is 10.2 Å². The molecule has 1 unspecified atom stereocenters. The molecule has 1 atom stereocenters. The lowest BCUT2D eigenvalue weighted by Gasteiger charge is -2.24. The van der Waals surface area contributed by atoms with Crippen LogP contribution in [0, 0.1) is 5.92 Å². The molecule has 1 fully saturated rings. The molecular formula is C15H21ClN2O. The van der Waals surface area contributed by atoms with E-state index in [-0.39, 0.29) is 11.9 Å². The number of carbonyl (C=O) groups excluding carboxylic acids is 1. The highest BCUT2D eigenvalue weighted by atomic mass is 35.5. The summed E-state index contributed by atoms with van der Waals surface area (Å²) in [6.45, 7) is 3.36. The van der Waals surface area contributed by atoms with Gasteiger partial charge in [0.15, 0.2) is 0 Å². The summed E-state index contributed by atoms with van der Waals surface area (Å²) in [6, 6.07) is 7.98. The number of amides is 1. The summed E-state index contributed by atoms with van der Waals surface area (Å²) in [5.74, 6) is 0.832. The highest BCUT2D eigenvalue weighted by Crippen LogP contribution is 2.27. The molecule has 4 heteroatoms. The SMILES string of the molecule is CC(c1ccc(Cl)cc1)N(C)CC(=O)NCC1CC1. The Morgan fingerprint density at radius 2 is 2.05 bits per heavy atom. The van der Waals surface area contributed by atoms with E-state index in [2.05, 4.69) is 12.2 Å². The Balaban J connectivity index is 1.81. The van der Waals surface area contributed by atoms with Crippen LogP contribution in [0.3, 0.4) is 0 Å². The second-order valence-electron chi connectivity index (χ2n) is 5.39. The van der Waals surface area contributed by atoms with Gasteiger partial charge in [0.2, 0.25) is 5.91 Å². The van der Waals surface area contributed by atoms with Crippen molar-refractivity contribution in [2.45, 2.75) is 25.8 Å². The minimum absolute atomic E-state index is 0.107. The zero-order chi connectivity index (χ0) is 13.8. The Bertz CT molecular complexity index is 428. The Morgan fingerprint density at radius 1 is 1.42 bits per heavy atom. The topological polar surface area (TPSA) is 32.3 Å². The van der Waals surface area contributed by atoms with Crippen LogP contribution in [-0.2, 0) is 4.79 Å². The number of likely N-dealkylation sites (N-methyl/N-ethyl adjacent to an activating group) is 1. The molecule has 0 saturated heterocycles. The number of nitrogens with one attached hydrogen (secondary N) is 1. The van der Waals surface area contributed by atoms with E-state index < -0.39 is 0 Å². The first kappa shape index (κ1) is 14.4. The van der Waals surface area contributed by atoms with Gasteiger partial charge in [-0.3, -0.25) is 9.69 Å². The molecule has 1 aromatic rings. The van der Waals surface area contributed by atoms with Crippen LogP contribution in [0.25, 0.3) is 0 Å². The molecule has 1 aliphatic carbocycles. The number of carbonyl (C=O) groups is 1.